The van der Waals surface area contributed by atoms with Crippen LogP contribution in [-0.4, -0.2) is 18.0 Å². The molecular formula is C10H12N2O2. The zero-order chi connectivity index (χ0) is 10.1. The van der Waals surface area contributed by atoms with Crippen LogP contribution in [0.15, 0.2) is 12.4 Å². The van der Waals surface area contributed by atoms with Crippen molar-refractivity contribution in [3.05, 3.63) is 23.5 Å². The first-order valence-corrected chi connectivity index (χ1v) is 4.52. The number of aromatic nitrogens is 1. The molecule has 1 amide bonds. The van der Waals surface area contributed by atoms with E-state index in [4.69, 9.17) is 4.74 Å². The molecule has 0 saturated carbocycles. The third-order valence-corrected chi connectivity index (χ3v) is 2.45. The van der Waals surface area contributed by atoms with E-state index in [0.29, 0.717) is 12.2 Å². The lowest BCUT2D eigenvalue weighted by atomic mass is 9.96. The van der Waals surface area contributed by atoms with Crippen LogP contribution in [0.4, 0.5) is 0 Å². The summed E-state index contributed by atoms with van der Waals surface area (Å²) >= 11 is 0. The second-order valence-electron chi connectivity index (χ2n) is 3.38. The largest absolute Gasteiger partial charge is 0.495 e. The number of carbonyl (C=O) groups excluding carboxylic acids is 1. The molecule has 0 saturated heterocycles. The van der Waals surface area contributed by atoms with Crippen molar-refractivity contribution < 1.29 is 9.53 Å². The summed E-state index contributed by atoms with van der Waals surface area (Å²) in [5.41, 5.74) is 2.00. The first kappa shape index (κ1) is 8.99. The van der Waals surface area contributed by atoms with E-state index in [2.05, 4.69) is 10.3 Å². The van der Waals surface area contributed by atoms with Gasteiger partial charge in [-0.2, -0.15) is 0 Å². The highest BCUT2D eigenvalue weighted by atomic mass is 16.5. The standard InChI is InChI=1S/C10H12N2O2/c1-6-8-4-11-5-9(14-2)7(8)3-10(13)12-6/h4-6H,3H2,1-2H3,(H,12,13). The van der Waals surface area contributed by atoms with E-state index in [9.17, 15) is 4.79 Å². The number of hydrogen-bond acceptors (Lipinski definition) is 3. The fourth-order valence-electron chi connectivity index (χ4n) is 1.75. The summed E-state index contributed by atoms with van der Waals surface area (Å²) in [5.74, 6) is 0.735. The van der Waals surface area contributed by atoms with Gasteiger partial charge in [0, 0.05) is 11.8 Å². The molecule has 4 heteroatoms. The first-order chi connectivity index (χ1) is 6.72. The molecule has 74 valence electrons. The van der Waals surface area contributed by atoms with Gasteiger partial charge in [0.05, 0.1) is 25.8 Å². The van der Waals surface area contributed by atoms with Crippen LogP contribution >= 0.6 is 0 Å². The molecule has 1 aromatic rings. The summed E-state index contributed by atoms with van der Waals surface area (Å²) in [6, 6.07) is 0.0221. The van der Waals surface area contributed by atoms with Gasteiger partial charge in [-0.25, -0.2) is 0 Å². The van der Waals surface area contributed by atoms with Gasteiger partial charge < -0.3 is 10.1 Å². The van der Waals surface area contributed by atoms with E-state index >= 15 is 0 Å². The number of pyridine rings is 1. The Morgan fingerprint density at radius 2 is 2.36 bits per heavy atom. The topological polar surface area (TPSA) is 51.2 Å². The number of hydrogen-bond donors (Lipinski definition) is 1. The minimum atomic E-state index is 0.0221. The second kappa shape index (κ2) is 3.29. The molecule has 0 aromatic carbocycles. The number of methoxy groups -OCH3 is 1. The zero-order valence-corrected chi connectivity index (χ0v) is 8.20. The van der Waals surface area contributed by atoms with E-state index in [1.54, 1.807) is 19.5 Å². The van der Waals surface area contributed by atoms with E-state index in [-0.39, 0.29) is 11.9 Å². The molecule has 1 aromatic heterocycles. The lowest BCUT2D eigenvalue weighted by molar-refractivity contribution is -0.121. The molecule has 0 spiro atoms. The Morgan fingerprint density at radius 1 is 1.57 bits per heavy atom. The van der Waals surface area contributed by atoms with Crippen LogP contribution in [0.1, 0.15) is 24.1 Å². The Hall–Kier alpha value is -1.58. The summed E-state index contributed by atoms with van der Waals surface area (Å²) in [4.78, 5) is 15.4. The Bertz CT molecular complexity index is 376. The van der Waals surface area contributed by atoms with E-state index in [1.807, 2.05) is 6.92 Å². The summed E-state index contributed by atoms with van der Waals surface area (Å²) in [6.07, 6.45) is 3.80. The molecule has 0 aliphatic carbocycles. The minimum Gasteiger partial charge on any atom is -0.495 e. The number of fused-ring (bicyclic) bond motifs is 1. The SMILES string of the molecule is COc1cncc2c1CC(=O)NC2C. The van der Waals surface area contributed by atoms with Crippen LogP contribution in [-0.2, 0) is 11.2 Å². The fraction of sp³-hybridized carbons (Fsp3) is 0.400. The van der Waals surface area contributed by atoms with Gasteiger partial charge in [-0.15, -0.1) is 0 Å². The average Bonchev–Trinajstić information content (AvgIpc) is 2.17. The van der Waals surface area contributed by atoms with Gasteiger partial charge in [0.1, 0.15) is 5.75 Å². The minimum absolute atomic E-state index is 0.0221. The first-order valence-electron chi connectivity index (χ1n) is 4.52. The molecule has 2 heterocycles. The molecule has 0 fully saturated rings. The molecule has 4 nitrogen and oxygen atoms in total. The van der Waals surface area contributed by atoms with Gasteiger partial charge in [0.15, 0.2) is 0 Å². The molecule has 14 heavy (non-hydrogen) atoms. The fourth-order valence-corrected chi connectivity index (χ4v) is 1.75. The normalized spacial score (nSPS) is 19.9. The van der Waals surface area contributed by atoms with Gasteiger partial charge in [-0.05, 0) is 12.5 Å². The number of carbonyl (C=O) groups is 1. The molecule has 0 radical (unpaired) electrons. The number of rotatable bonds is 1. The second-order valence-corrected chi connectivity index (χ2v) is 3.38. The predicted molar refractivity (Wildman–Crippen MR) is 51.1 cm³/mol. The smallest absolute Gasteiger partial charge is 0.225 e. The van der Waals surface area contributed by atoms with Crippen LogP contribution in [0.3, 0.4) is 0 Å². The Morgan fingerprint density at radius 3 is 3.07 bits per heavy atom. The van der Waals surface area contributed by atoms with Crippen molar-refractivity contribution >= 4 is 5.91 Å². The van der Waals surface area contributed by atoms with Crippen molar-refractivity contribution in [2.24, 2.45) is 0 Å². The van der Waals surface area contributed by atoms with E-state index in [1.165, 1.54) is 0 Å². The van der Waals surface area contributed by atoms with Crippen LogP contribution in [0.5, 0.6) is 5.75 Å². The predicted octanol–water partition coefficient (Wildman–Crippen LogP) is 0.823. The average molecular weight is 192 g/mol. The third kappa shape index (κ3) is 1.32. The quantitative estimate of drug-likeness (QED) is 0.716. The Labute approximate surface area is 82.3 Å². The lowest BCUT2D eigenvalue weighted by Gasteiger charge is -2.24. The van der Waals surface area contributed by atoms with E-state index in [0.717, 1.165) is 11.1 Å². The van der Waals surface area contributed by atoms with Gasteiger partial charge in [0.2, 0.25) is 5.91 Å². The monoisotopic (exact) mass is 192 g/mol. The summed E-state index contributed by atoms with van der Waals surface area (Å²) in [5, 5.41) is 2.85. The zero-order valence-electron chi connectivity index (χ0n) is 8.20. The maximum absolute atomic E-state index is 11.3. The summed E-state index contributed by atoms with van der Waals surface area (Å²) < 4.78 is 5.17. The molecule has 2 rings (SSSR count). The van der Waals surface area contributed by atoms with Crippen LogP contribution in [0.2, 0.25) is 0 Å². The van der Waals surface area contributed by atoms with Crippen molar-refractivity contribution in [1.29, 1.82) is 0 Å². The molecule has 1 aliphatic rings. The van der Waals surface area contributed by atoms with Crippen molar-refractivity contribution in [3.8, 4) is 5.75 Å². The van der Waals surface area contributed by atoms with Crippen LogP contribution < -0.4 is 10.1 Å². The van der Waals surface area contributed by atoms with Crippen molar-refractivity contribution in [3.63, 3.8) is 0 Å². The van der Waals surface area contributed by atoms with E-state index < -0.39 is 0 Å². The highest BCUT2D eigenvalue weighted by Gasteiger charge is 2.23. The highest BCUT2D eigenvalue weighted by molar-refractivity contribution is 5.82. The highest BCUT2D eigenvalue weighted by Crippen LogP contribution is 2.28. The molecule has 1 atom stereocenters. The molecule has 1 N–H and O–H groups in total. The van der Waals surface area contributed by atoms with Crippen LogP contribution in [0.25, 0.3) is 0 Å². The third-order valence-electron chi connectivity index (χ3n) is 2.45. The maximum atomic E-state index is 11.3. The summed E-state index contributed by atoms with van der Waals surface area (Å²) in [6.45, 7) is 1.94. The Kier molecular flexibility index (Phi) is 2.11. The molecule has 0 bridgehead atoms. The molecular weight excluding hydrogens is 180 g/mol. The van der Waals surface area contributed by atoms with Crippen molar-refractivity contribution in [2.45, 2.75) is 19.4 Å². The van der Waals surface area contributed by atoms with Crippen molar-refractivity contribution in [1.82, 2.24) is 10.3 Å². The summed E-state index contributed by atoms with van der Waals surface area (Å²) in [7, 11) is 1.59. The number of ether oxygens (including phenoxy) is 1. The van der Waals surface area contributed by atoms with Gasteiger partial charge >= 0.3 is 0 Å². The van der Waals surface area contributed by atoms with Crippen LogP contribution in [0, 0.1) is 0 Å². The maximum Gasteiger partial charge on any atom is 0.225 e. The molecule has 1 aliphatic heterocycles. The number of amides is 1. The van der Waals surface area contributed by atoms with Gasteiger partial charge in [0.25, 0.3) is 0 Å². The van der Waals surface area contributed by atoms with Crippen molar-refractivity contribution in [2.75, 3.05) is 7.11 Å². The molecule has 1 unspecified atom stereocenters. The number of nitrogens with zero attached hydrogens (tertiary/aromatic N) is 1. The number of nitrogens with one attached hydrogen (secondary N) is 1. The van der Waals surface area contributed by atoms with Gasteiger partial charge in [-0.3, -0.25) is 9.78 Å². The Balaban J connectivity index is 2.52. The van der Waals surface area contributed by atoms with Gasteiger partial charge in [-0.1, -0.05) is 0 Å². The lowest BCUT2D eigenvalue weighted by Crippen LogP contribution is -2.34.